The van der Waals surface area contributed by atoms with E-state index in [1.807, 2.05) is 30.9 Å². The molecule has 3 rings (SSSR count). The van der Waals surface area contributed by atoms with Gasteiger partial charge < -0.3 is 25.1 Å². The zero-order valence-electron chi connectivity index (χ0n) is 16.8. The Kier molecular flexibility index (Phi) is 6.73. The molecule has 158 valence electrons. The lowest BCUT2D eigenvalue weighted by atomic mass is 10.1. The molecule has 0 aliphatic carbocycles. The second kappa shape index (κ2) is 8.92. The maximum atomic E-state index is 12.3. The van der Waals surface area contributed by atoms with Crippen molar-refractivity contribution in [2.45, 2.75) is 32.7 Å². The van der Waals surface area contributed by atoms with E-state index >= 15 is 0 Å². The Labute approximate surface area is 180 Å². The van der Waals surface area contributed by atoms with Crippen LogP contribution in [0.5, 0.6) is 0 Å². The van der Waals surface area contributed by atoms with E-state index in [-0.39, 0.29) is 28.6 Å². The molecule has 1 fully saturated rings. The maximum Gasteiger partial charge on any atom is 0.269 e. The molecular weight excluding hydrogens is 415 g/mol. The van der Waals surface area contributed by atoms with Gasteiger partial charge in [-0.25, -0.2) is 0 Å². The molecule has 29 heavy (non-hydrogen) atoms. The molecule has 2 heterocycles. The molecule has 2 atom stereocenters. The number of aliphatic hydroxyl groups excluding tert-OH is 1. The molecule has 0 aromatic heterocycles. The van der Waals surface area contributed by atoms with Crippen LogP contribution in [0.15, 0.2) is 28.3 Å². The first-order valence-electron chi connectivity index (χ1n) is 9.59. The Morgan fingerprint density at radius 3 is 2.45 bits per heavy atom. The fourth-order valence-electron chi connectivity index (χ4n) is 3.57. The third-order valence-electron chi connectivity index (χ3n) is 5.61. The fourth-order valence-corrected chi connectivity index (χ4v) is 3.97. The minimum Gasteiger partial charge on any atom is -0.368 e. The number of hydrogen-bond acceptors (Lipinski definition) is 5. The molecule has 9 heteroatoms. The molecule has 0 saturated carbocycles. The smallest absolute Gasteiger partial charge is 0.269 e. The van der Waals surface area contributed by atoms with Gasteiger partial charge >= 0.3 is 0 Å². The Balaban J connectivity index is 1.64. The van der Waals surface area contributed by atoms with Crippen molar-refractivity contribution in [3.05, 3.63) is 39.4 Å². The van der Waals surface area contributed by atoms with Gasteiger partial charge in [0.05, 0.1) is 11.1 Å². The van der Waals surface area contributed by atoms with Crippen molar-refractivity contribution in [3.63, 3.8) is 0 Å². The number of piperazine rings is 1. The molecule has 2 N–H and O–H groups in total. The van der Waals surface area contributed by atoms with Crippen LogP contribution in [0.2, 0.25) is 0 Å². The number of likely N-dealkylation sites (N-methyl/N-ethyl adjacent to an activating group) is 1. The summed E-state index contributed by atoms with van der Waals surface area (Å²) >= 11 is 11.8. The number of amides is 2. The van der Waals surface area contributed by atoms with Crippen molar-refractivity contribution < 1.29 is 14.7 Å². The number of aliphatic hydroxyl groups is 1. The van der Waals surface area contributed by atoms with Crippen LogP contribution in [-0.2, 0) is 16.1 Å². The number of rotatable bonds is 5. The zero-order valence-corrected chi connectivity index (χ0v) is 18.3. The average Bonchev–Trinajstić information content (AvgIpc) is 2.91. The summed E-state index contributed by atoms with van der Waals surface area (Å²) in [5.74, 6) is -0.345. The van der Waals surface area contributed by atoms with Gasteiger partial charge in [0, 0.05) is 38.4 Å². The van der Waals surface area contributed by atoms with Gasteiger partial charge in [0.2, 0.25) is 5.91 Å². The second-order valence-corrected chi connectivity index (χ2v) is 8.19. The fraction of sp³-hybridized carbons (Fsp3) is 0.500. The van der Waals surface area contributed by atoms with Gasteiger partial charge in [-0.3, -0.25) is 9.59 Å². The lowest BCUT2D eigenvalue weighted by Crippen LogP contribution is -2.53. The van der Waals surface area contributed by atoms with Gasteiger partial charge in [0.25, 0.3) is 5.91 Å². The Morgan fingerprint density at radius 1 is 1.28 bits per heavy atom. The van der Waals surface area contributed by atoms with Crippen molar-refractivity contribution >= 4 is 40.7 Å². The largest absolute Gasteiger partial charge is 0.368 e. The molecule has 1 aromatic rings. The average molecular weight is 441 g/mol. The third kappa shape index (κ3) is 4.38. The topological polar surface area (TPSA) is 76.1 Å². The van der Waals surface area contributed by atoms with Crippen molar-refractivity contribution in [1.29, 1.82) is 0 Å². The van der Waals surface area contributed by atoms with Gasteiger partial charge in [-0.1, -0.05) is 29.3 Å². The summed E-state index contributed by atoms with van der Waals surface area (Å²) in [6, 6.07) is 5.83. The minimum atomic E-state index is -1.21. The first-order chi connectivity index (χ1) is 13.7. The predicted molar refractivity (Wildman–Crippen MR) is 114 cm³/mol. The zero-order chi connectivity index (χ0) is 21.3. The van der Waals surface area contributed by atoms with E-state index in [2.05, 4.69) is 16.3 Å². The highest BCUT2D eigenvalue weighted by atomic mass is 35.5. The first kappa shape index (κ1) is 21.9. The molecule has 7 nitrogen and oxygen atoms in total. The van der Waals surface area contributed by atoms with E-state index in [0.717, 1.165) is 29.9 Å². The molecule has 1 unspecified atom stereocenters. The summed E-state index contributed by atoms with van der Waals surface area (Å²) in [5, 5.41) is 12.9. The number of anilines is 1. The number of aryl methyl sites for hydroxylation is 1. The molecule has 0 bridgehead atoms. The Bertz CT molecular complexity index is 837. The van der Waals surface area contributed by atoms with E-state index < -0.39 is 12.1 Å². The summed E-state index contributed by atoms with van der Waals surface area (Å²) in [4.78, 5) is 29.8. The SMILES string of the molecule is CN[C@@H](C)C(=O)N1CCN(c2ccc(CN3C(=O)C(Cl)=C(Cl)C3O)c(C)c2)CC1. The van der Waals surface area contributed by atoms with E-state index in [0.29, 0.717) is 13.1 Å². The number of hydrogen-bond donors (Lipinski definition) is 2. The quantitative estimate of drug-likeness (QED) is 0.726. The van der Waals surface area contributed by atoms with E-state index in [1.165, 1.54) is 4.90 Å². The van der Waals surface area contributed by atoms with E-state index in [9.17, 15) is 14.7 Å². The van der Waals surface area contributed by atoms with E-state index in [1.54, 1.807) is 7.05 Å². The van der Waals surface area contributed by atoms with Crippen LogP contribution in [0.3, 0.4) is 0 Å². The Hall–Kier alpha value is -1.80. The minimum absolute atomic E-state index is 0.0362. The summed E-state index contributed by atoms with van der Waals surface area (Å²) in [6.45, 7) is 6.96. The summed E-state index contributed by atoms with van der Waals surface area (Å²) in [5.41, 5.74) is 2.99. The summed E-state index contributed by atoms with van der Waals surface area (Å²) < 4.78 is 0. The molecule has 2 aliphatic rings. The number of nitrogens with zero attached hydrogens (tertiary/aromatic N) is 3. The van der Waals surface area contributed by atoms with Crippen molar-refractivity contribution in [1.82, 2.24) is 15.1 Å². The van der Waals surface area contributed by atoms with Crippen molar-refractivity contribution in [3.8, 4) is 0 Å². The highest BCUT2D eigenvalue weighted by molar-refractivity contribution is 6.49. The number of nitrogens with one attached hydrogen (secondary N) is 1. The van der Waals surface area contributed by atoms with Crippen LogP contribution in [0.1, 0.15) is 18.1 Å². The second-order valence-electron chi connectivity index (χ2n) is 7.40. The standard InChI is InChI=1S/C20H26Cl2N4O3/c1-12-10-15(24-6-8-25(9-7-24)18(27)13(2)23-3)5-4-14(12)11-26-19(28)16(21)17(22)20(26)29/h4-5,10,13,19,23,28H,6-9,11H2,1-3H3/t13-,19?/m0/s1. The van der Waals surface area contributed by atoms with Gasteiger partial charge in [-0.2, -0.15) is 0 Å². The van der Waals surface area contributed by atoms with Crippen LogP contribution in [-0.4, -0.2) is 72.2 Å². The van der Waals surface area contributed by atoms with Crippen molar-refractivity contribution in [2.24, 2.45) is 0 Å². The van der Waals surface area contributed by atoms with Crippen LogP contribution >= 0.6 is 23.2 Å². The van der Waals surface area contributed by atoms with Gasteiger partial charge in [-0.15, -0.1) is 0 Å². The van der Waals surface area contributed by atoms with Crippen molar-refractivity contribution in [2.75, 3.05) is 38.1 Å². The molecule has 0 radical (unpaired) electrons. The number of carbonyl (C=O) groups is 2. The highest BCUT2D eigenvalue weighted by Crippen LogP contribution is 2.32. The molecule has 1 aromatic carbocycles. The van der Waals surface area contributed by atoms with Gasteiger partial charge in [-0.05, 0) is 44.2 Å². The lowest BCUT2D eigenvalue weighted by molar-refractivity contribution is -0.133. The molecular formula is C20H26Cl2N4O3. The number of halogens is 2. The molecule has 2 aliphatic heterocycles. The third-order valence-corrected chi connectivity index (χ3v) is 6.45. The molecule has 1 saturated heterocycles. The van der Waals surface area contributed by atoms with Gasteiger partial charge in [0.1, 0.15) is 5.03 Å². The predicted octanol–water partition coefficient (Wildman–Crippen LogP) is 1.60. The summed E-state index contributed by atoms with van der Waals surface area (Å²) in [7, 11) is 1.79. The maximum absolute atomic E-state index is 12.3. The summed E-state index contributed by atoms with van der Waals surface area (Å²) in [6.07, 6.45) is -1.21. The first-order valence-corrected chi connectivity index (χ1v) is 10.3. The van der Waals surface area contributed by atoms with Crippen LogP contribution < -0.4 is 10.2 Å². The number of benzene rings is 1. The highest BCUT2D eigenvalue weighted by Gasteiger charge is 2.36. The monoisotopic (exact) mass is 440 g/mol. The van der Waals surface area contributed by atoms with Crippen LogP contribution in [0.4, 0.5) is 5.69 Å². The molecule has 0 spiro atoms. The number of carbonyl (C=O) groups excluding carboxylic acids is 2. The van der Waals surface area contributed by atoms with E-state index in [4.69, 9.17) is 23.2 Å². The lowest BCUT2D eigenvalue weighted by Gasteiger charge is -2.37. The normalized spacial score (nSPS) is 21.2. The van der Waals surface area contributed by atoms with Crippen LogP contribution in [0, 0.1) is 6.92 Å². The van der Waals surface area contributed by atoms with Crippen LogP contribution in [0.25, 0.3) is 0 Å². The Morgan fingerprint density at radius 2 is 1.93 bits per heavy atom. The molecule has 2 amide bonds. The van der Waals surface area contributed by atoms with Gasteiger partial charge in [0.15, 0.2) is 6.23 Å².